The molecule has 0 aliphatic heterocycles. The van der Waals surface area contributed by atoms with Gasteiger partial charge in [-0.05, 0) is 24.3 Å². The van der Waals surface area contributed by atoms with Crippen LogP contribution in [0.1, 0.15) is 10.4 Å². The van der Waals surface area contributed by atoms with Crippen LogP contribution in [0.15, 0.2) is 30.5 Å². The standard InChI is InChI=1S/C12H7Cl3N2O2/c13-8-3-7(4-9(14)11(8)18)17-12(19)6-1-2-10(15)16-5-6/h1-5,18H,(H,17,19). The summed E-state index contributed by atoms with van der Waals surface area (Å²) in [5.41, 5.74) is 0.706. The number of hydrogen-bond acceptors (Lipinski definition) is 3. The molecule has 4 nitrogen and oxygen atoms in total. The number of anilines is 1. The molecule has 0 aliphatic carbocycles. The van der Waals surface area contributed by atoms with Gasteiger partial charge in [0.1, 0.15) is 5.15 Å². The van der Waals surface area contributed by atoms with Gasteiger partial charge in [0, 0.05) is 11.9 Å². The Balaban J connectivity index is 2.22. The summed E-state index contributed by atoms with van der Waals surface area (Å²) in [6, 6.07) is 5.83. The number of phenols is 1. The van der Waals surface area contributed by atoms with E-state index in [1.807, 2.05) is 0 Å². The number of phenolic OH excluding ortho intramolecular Hbond substituents is 1. The Kier molecular flexibility index (Phi) is 4.14. The first kappa shape index (κ1) is 13.9. The molecule has 19 heavy (non-hydrogen) atoms. The monoisotopic (exact) mass is 316 g/mol. The van der Waals surface area contributed by atoms with Crippen molar-refractivity contribution in [2.75, 3.05) is 5.32 Å². The van der Waals surface area contributed by atoms with Gasteiger partial charge >= 0.3 is 0 Å². The van der Waals surface area contributed by atoms with Gasteiger partial charge in [-0.15, -0.1) is 0 Å². The summed E-state index contributed by atoms with van der Waals surface area (Å²) in [6.45, 7) is 0. The second-order valence-corrected chi connectivity index (χ2v) is 4.81. The van der Waals surface area contributed by atoms with Gasteiger partial charge in [-0.1, -0.05) is 34.8 Å². The van der Waals surface area contributed by atoms with Gasteiger partial charge in [0.05, 0.1) is 15.6 Å². The van der Waals surface area contributed by atoms with Crippen LogP contribution in [0, 0.1) is 0 Å². The number of benzene rings is 1. The van der Waals surface area contributed by atoms with Gasteiger partial charge < -0.3 is 10.4 Å². The predicted octanol–water partition coefficient (Wildman–Crippen LogP) is 4.00. The molecule has 2 N–H and O–H groups in total. The summed E-state index contributed by atoms with van der Waals surface area (Å²) in [5, 5.41) is 12.4. The molecule has 0 saturated heterocycles. The van der Waals surface area contributed by atoms with Gasteiger partial charge in [0.25, 0.3) is 5.91 Å². The van der Waals surface area contributed by atoms with Crippen molar-refractivity contribution >= 4 is 46.4 Å². The quantitative estimate of drug-likeness (QED) is 0.650. The molecule has 1 heterocycles. The molecule has 2 aromatic rings. The zero-order chi connectivity index (χ0) is 14.0. The number of halogens is 3. The number of amides is 1. The summed E-state index contributed by atoms with van der Waals surface area (Å²) in [6.07, 6.45) is 1.35. The van der Waals surface area contributed by atoms with Crippen LogP contribution < -0.4 is 5.32 Å². The maximum Gasteiger partial charge on any atom is 0.257 e. The highest BCUT2D eigenvalue weighted by atomic mass is 35.5. The van der Waals surface area contributed by atoms with Gasteiger partial charge in [0.15, 0.2) is 5.75 Å². The SMILES string of the molecule is O=C(Nc1cc(Cl)c(O)c(Cl)c1)c1ccc(Cl)nc1. The molecule has 1 aromatic heterocycles. The number of pyridine rings is 1. The minimum atomic E-state index is -0.387. The lowest BCUT2D eigenvalue weighted by molar-refractivity contribution is 0.102. The maximum atomic E-state index is 11.9. The number of hydrogen-bond donors (Lipinski definition) is 2. The Morgan fingerprint density at radius 3 is 2.32 bits per heavy atom. The first-order chi connectivity index (χ1) is 8.97. The summed E-state index contributed by atoms with van der Waals surface area (Å²) < 4.78 is 0. The summed E-state index contributed by atoms with van der Waals surface area (Å²) in [5.74, 6) is -0.614. The molecule has 1 aromatic carbocycles. The summed E-state index contributed by atoms with van der Waals surface area (Å²) >= 11 is 17.1. The maximum absolute atomic E-state index is 11.9. The Morgan fingerprint density at radius 1 is 1.16 bits per heavy atom. The topological polar surface area (TPSA) is 62.2 Å². The lowest BCUT2D eigenvalue weighted by atomic mass is 10.2. The first-order valence-electron chi connectivity index (χ1n) is 5.08. The fourth-order valence-corrected chi connectivity index (χ4v) is 1.95. The van der Waals surface area contributed by atoms with Crippen LogP contribution in [-0.2, 0) is 0 Å². The molecule has 7 heteroatoms. The molecule has 0 atom stereocenters. The largest absolute Gasteiger partial charge is 0.505 e. The number of carbonyl (C=O) groups excluding carboxylic acids is 1. The molecule has 0 fully saturated rings. The van der Waals surface area contributed by atoms with Crippen LogP contribution in [0.4, 0.5) is 5.69 Å². The number of rotatable bonds is 2. The van der Waals surface area contributed by atoms with E-state index >= 15 is 0 Å². The lowest BCUT2D eigenvalue weighted by Gasteiger charge is -2.07. The van der Waals surface area contributed by atoms with Crippen molar-refractivity contribution in [3.05, 3.63) is 51.2 Å². The zero-order valence-corrected chi connectivity index (χ0v) is 11.6. The molecular weight excluding hydrogens is 311 g/mol. The van der Waals surface area contributed by atoms with Crippen molar-refractivity contribution in [2.24, 2.45) is 0 Å². The zero-order valence-electron chi connectivity index (χ0n) is 9.32. The number of aromatic hydroxyl groups is 1. The second-order valence-electron chi connectivity index (χ2n) is 3.61. The molecule has 2 rings (SSSR count). The third-order valence-corrected chi connectivity index (χ3v) is 3.06. The van der Waals surface area contributed by atoms with E-state index in [9.17, 15) is 9.90 Å². The number of nitrogens with one attached hydrogen (secondary N) is 1. The van der Waals surface area contributed by atoms with Crippen LogP contribution in [0.3, 0.4) is 0 Å². The molecule has 0 aliphatic rings. The average molecular weight is 318 g/mol. The highest BCUT2D eigenvalue weighted by Gasteiger charge is 2.10. The van der Waals surface area contributed by atoms with Crippen molar-refractivity contribution < 1.29 is 9.90 Å². The highest BCUT2D eigenvalue weighted by molar-refractivity contribution is 6.37. The van der Waals surface area contributed by atoms with Crippen molar-refractivity contribution in [2.45, 2.75) is 0 Å². The Labute approximate surface area is 123 Å². The van der Waals surface area contributed by atoms with Crippen molar-refractivity contribution in [1.29, 1.82) is 0 Å². The van der Waals surface area contributed by atoms with Gasteiger partial charge in [-0.3, -0.25) is 4.79 Å². The fraction of sp³-hybridized carbons (Fsp3) is 0. The van der Waals surface area contributed by atoms with Crippen LogP contribution in [0.5, 0.6) is 5.75 Å². The Hall–Kier alpha value is -1.49. The van der Waals surface area contributed by atoms with Gasteiger partial charge in [0.2, 0.25) is 0 Å². The van der Waals surface area contributed by atoms with E-state index in [1.165, 1.54) is 30.5 Å². The van der Waals surface area contributed by atoms with Crippen molar-refractivity contribution in [1.82, 2.24) is 4.98 Å². The van der Waals surface area contributed by atoms with Crippen LogP contribution in [0.25, 0.3) is 0 Å². The third-order valence-electron chi connectivity index (χ3n) is 2.26. The van der Waals surface area contributed by atoms with Crippen LogP contribution >= 0.6 is 34.8 Å². The van der Waals surface area contributed by atoms with E-state index < -0.39 is 0 Å². The van der Waals surface area contributed by atoms with E-state index in [4.69, 9.17) is 34.8 Å². The average Bonchev–Trinajstić information content (AvgIpc) is 2.36. The van der Waals surface area contributed by atoms with Crippen molar-refractivity contribution in [3.63, 3.8) is 0 Å². The van der Waals surface area contributed by atoms with E-state index in [1.54, 1.807) is 0 Å². The number of nitrogens with zero attached hydrogens (tertiary/aromatic N) is 1. The number of aromatic nitrogens is 1. The minimum Gasteiger partial charge on any atom is -0.505 e. The molecule has 98 valence electrons. The van der Waals surface area contributed by atoms with Crippen LogP contribution in [0.2, 0.25) is 15.2 Å². The third kappa shape index (κ3) is 3.29. The molecular formula is C12H7Cl3N2O2. The van der Waals surface area contributed by atoms with Gasteiger partial charge in [-0.2, -0.15) is 0 Å². The Bertz CT molecular complexity index is 606. The molecule has 0 bridgehead atoms. The second kappa shape index (κ2) is 5.65. The van der Waals surface area contributed by atoms with E-state index in [2.05, 4.69) is 10.3 Å². The normalized spacial score (nSPS) is 10.3. The van der Waals surface area contributed by atoms with E-state index in [0.717, 1.165) is 0 Å². The lowest BCUT2D eigenvalue weighted by Crippen LogP contribution is -2.12. The Morgan fingerprint density at radius 2 is 1.79 bits per heavy atom. The smallest absolute Gasteiger partial charge is 0.257 e. The van der Waals surface area contributed by atoms with Gasteiger partial charge in [-0.25, -0.2) is 4.98 Å². The van der Waals surface area contributed by atoms with Crippen molar-refractivity contribution in [3.8, 4) is 5.75 Å². The highest BCUT2D eigenvalue weighted by Crippen LogP contribution is 2.34. The minimum absolute atomic E-state index is 0.0528. The van der Waals surface area contributed by atoms with Crippen LogP contribution in [-0.4, -0.2) is 16.0 Å². The fourth-order valence-electron chi connectivity index (χ4n) is 1.35. The predicted molar refractivity (Wildman–Crippen MR) is 75.3 cm³/mol. The first-order valence-corrected chi connectivity index (χ1v) is 6.21. The van der Waals surface area contributed by atoms with E-state index in [-0.39, 0.29) is 21.7 Å². The molecule has 0 unspecified atom stereocenters. The van der Waals surface area contributed by atoms with E-state index in [0.29, 0.717) is 16.4 Å². The summed E-state index contributed by atoms with van der Waals surface area (Å²) in [7, 11) is 0. The molecule has 0 radical (unpaired) electrons. The molecule has 1 amide bonds. The summed E-state index contributed by atoms with van der Waals surface area (Å²) in [4.78, 5) is 15.7. The molecule has 0 spiro atoms. The molecule has 0 saturated carbocycles. The number of carbonyl (C=O) groups is 1.